The van der Waals surface area contributed by atoms with Crippen molar-refractivity contribution < 1.29 is 14.7 Å². The lowest BCUT2D eigenvalue weighted by molar-refractivity contribution is -0.137. The normalized spacial score (nSPS) is 17.2. The van der Waals surface area contributed by atoms with Gasteiger partial charge in [-0.05, 0) is 67.1 Å². The molecule has 1 aliphatic heterocycles. The number of amides is 2. The van der Waals surface area contributed by atoms with Gasteiger partial charge < -0.3 is 10.4 Å². The Balaban J connectivity index is 1.34. The Bertz CT molecular complexity index is 922. The number of carbonyl (C=O) groups is 2. The molecule has 0 bridgehead atoms. The van der Waals surface area contributed by atoms with E-state index in [1.54, 1.807) is 0 Å². The molecule has 6 heteroatoms. The third-order valence-corrected chi connectivity index (χ3v) is 6.59. The van der Waals surface area contributed by atoms with E-state index >= 15 is 0 Å². The number of nitrogens with one attached hydrogen (secondary N) is 1. The second-order valence-electron chi connectivity index (χ2n) is 8.86. The summed E-state index contributed by atoms with van der Waals surface area (Å²) in [5.41, 5.74) is 4.40. The van der Waals surface area contributed by atoms with Crippen LogP contribution in [-0.2, 0) is 11.3 Å². The van der Waals surface area contributed by atoms with Crippen molar-refractivity contribution in [3.8, 4) is 0 Å². The molecule has 1 saturated carbocycles. The number of urea groups is 1. The first-order valence-electron chi connectivity index (χ1n) is 11.8. The van der Waals surface area contributed by atoms with Crippen molar-refractivity contribution >= 4 is 23.4 Å². The molecule has 2 fully saturated rings. The summed E-state index contributed by atoms with van der Waals surface area (Å²) in [5, 5.41) is 12.0. The molecule has 2 aromatic carbocycles. The quantitative estimate of drug-likeness (QED) is 0.535. The molecular weight excluding hydrogens is 402 g/mol. The molecule has 2 amide bonds. The molecule has 6 nitrogen and oxygen atoms in total. The van der Waals surface area contributed by atoms with Crippen LogP contribution in [0.4, 0.5) is 16.2 Å². The Morgan fingerprint density at radius 1 is 0.969 bits per heavy atom. The Labute approximate surface area is 190 Å². The van der Waals surface area contributed by atoms with Crippen molar-refractivity contribution in [2.75, 3.05) is 29.4 Å². The van der Waals surface area contributed by atoms with Gasteiger partial charge in [0.1, 0.15) is 0 Å². The molecule has 0 spiro atoms. The fourth-order valence-corrected chi connectivity index (χ4v) is 4.79. The molecule has 2 aromatic rings. The summed E-state index contributed by atoms with van der Waals surface area (Å²) in [6.45, 7) is 2.74. The zero-order chi connectivity index (χ0) is 22.3. The summed E-state index contributed by atoms with van der Waals surface area (Å²) in [6.07, 6.45) is 7.26. The summed E-state index contributed by atoms with van der Waals surface area (Å²) in [7, 11) is 0. The van der Waals surface area contributed by atoms with E-state index in [0.717, 1.165) is 16.9 Å². The lowest BCUT2D eigenvalue weighted by Gasteiger charge is -2.24. The average molecular weight is 436 g/mol. The number of carboxylic acids is 1. The summed E-state index contributed by atoms with van der Waals surface area (Å²) in [5.74, 6) is -0.135. The molecule has 0 unspecified atom stereocenters. The predicted molar refractivity (Wildman–Crippen MR) is 127 cm³/mol. The zero-order valence-corrected chi connectivity index (χ0v) is 18.6. The highest BCUT2D eigenvalue weighted by atomic mass is 16.4. The van der Waals surface area contributed by atoms with Crippen LogP contribution in [0, 0.1) is 0 Å². The third kappa shape index (κ3) is 5.49. The highest BCUT2D eigenvalue weighted by Crippen LogP contribution is 2.35. The fraction of sp³-hybridized carbons (Fsp3) is 0.462. The Kier molecular flexibility index (Phi) is 7.43. The van der Waals surface area contributed by atoms with E-state index in [9.17, 15) is 9.59 Å². The largest absolute Gasteiger partial charge is 0.481 e. The molecule has 1 saturated heterocycles. The maximum Gasteiger partial charge on any atom is 0.329 e. The van der Waals surface area contributed by atoms with Gasteiger partial charge in [0, 0.05) is 37.4 Å². The zero-order valence-electron chi connectivity index (χ0n) is 18.6. The van der Waals surface area contributed by atoms with Gasteiger partial charge in [-0.3, -0.25) is 14.6 Å². The van der Waals surface area contributed by atoms with E-state index in [4.69, 9.17) is 5.11 Å². The summed E-state index contributed by atoms with van der Waals surface area (Å²) < 4.78 is 0. The standard InChI is InChI=1S/C26H33N3O3/c30-25(31)10-5-15-27-19-20-11-13-23(14-12-20)28-16-17-29(26(28)32)24-9-4-8-22(18-24)21-6-2-1-3-7-21/h4,8-9,11-14,18,21,27H,1-3,5-7,10,15-17,19H2,(H,30,31). The average Bonchev–Trinajstić information content (AvgIpc) is 3.21. The van der Waals surface area contributed by atoms with Gasteiger partial charge in [-0.25, -0.2) is 4.79 Å². The molecule has 170 valence electrons. The molecule has 0 radical (unpaired) electrons. The van der Waals surface area contributed by atoms with Crippen LogP contribution in [0.2, 0.25) is 0 Å². The first-order chi connectivity index (χ1) is 15.6. The number of carbonyl (C=O) groups excluding carboxylic acids is 1. The van der Waals surface area contributed by atoms with Crippen LogP contribution in [0.3, 0.4) is 0 Å². The smallest absolute Gasteiger partial charge is 0.329 e. The fourth-order valence-electron chi connectivity index (χ4n) is 4.79. The summed E-state index contributed by atoms with van der Waals surface area (Å²) in [6, 6.07) is 16.6. The van der Waals surface area contributed by atoms with Crippen molar-refractivity contribution in [3.63, 3.8) is 0 Å². The molecule has 1 aliphatic carbocycles. The third-order valence-electron chi connectivity index (χ3n) is 6.59. The maximum absolute atomic E-state index is 13.2. The molecule has 0 atom stereocenters. The van der Waals surface area contributed by atoms with E-state index in [-0.39, 0.29) is 12.5 Å². The van der Waals surface area contributed by atoms with E-state index in [2.05, 4.69) is 23.5 Å². The van der Waals surface area contributed by atoms with Crippen LogP contribution in [-0.4, -0.2) is 36.7 Å². The number of anilines is 2. The molecular formula is C26H33N3O3. The van der Waals surface area contributed by atoms with Gasteiger partial charge in [0.2, 0.25) is 0 Å². The van der Waals surface area contributed by atoms with Crippen molar-refractivity contribution in [2.24, 2.45) is 0 Å². The van der Waals surface area contributed by atoms with Gasteiger partial charge in [-0.2, -0.15) is 0 Å². The van der Waals surface area contributed by atoms with Gasteiger partial charge in [-0.1, -0.05) is 43.5 Å². The summed E-state index contributed by atoms with van der Waals surface area (Å²) in [4.78, 5) is 27.5. The van der Waals surface area contributed by atoms with Crippen LogP contribution in [0.15, 0.2) is 48.5 Å². The number of hydrogen-bond acceptors (Lipinski definition) is 3. The first kappa shape index (κ1) is 22.3. The number of nitrogens with zero attached hydrogens (tertiary/aromatic N) is 2. The van der Waals surface area contributed by atoms with Crippen LogP contribution < -0.4 is 15.1 Å². The number of hydrogen-bond donors (Lipinski definition) is 2. The van der Waals surface area contributed by atoms with Gasteiger partial charge in [0.15, 0.2) is 0 Å². The lowest BCUT2D eigenvalue weighted by Crippen LogP contribution is -2.31. The topological polar surface area (TPSA) is 72.9 Å². The van der Waals surface area contributed by atoms with Crippen LogP contribution in [0.5, 0.6) is 0 Å². The second kappa shape index (κ2) is 10.6. The number of aliphatic carboxylic acids is 1. The van der Waals surface area contributed by atoms with Crippen LogP contribution >= 0.6 is 0 Å². The Morgan fingerprint density at radius 3 is 2.41 bits per heavy atom. The monoisotopic (exact) mass is 435 g/mol. The van der Waals surface area contributed by atoms with Crippen molar-refractivity contribution in [1.29, 1.82) is 0 Å². The molecule has 2 N–H and O–H groups in total. The molecule has 32 heavy (non-hydrogen) atoms. The molecule has 4 rings (SSSR count). The van der Waals surface area contributed by atoms with Crippen molar-refractivity contribution in [3.05, 3.63) is 59.7 Å². The predicted octanol–water partition coefficient (Wildman–Crippen LogP) is 5.14. The minimum Gasteiger partial charge on any atom is -0.481 e. The van der Waals surface area contributed by atoms with Gasteiger partial charge in [0.05, 0.1) is 0 Å². The Morgan fingerprint density at radius 2 is 1.69 bits per heavy atom. The molecule has 0 aromatic heterocycles. The number of benzene rings is 2. The number of carboxylic acid groups (broad SMARTS) is 1. The summed E-state index contributed by atoms with van der Waals surface area (Å²) >= 11 is 0. The second-order valence-corrected chi connectivity index (χ2v) is 8.86. The highest BCUT2D eigenvalue weighted by molar-refractivity contribution is 6.06. The van der Waals surface area contributed by atoms with E-state index in [1.165, 1.54) is 37.7 Å². The minimum atomic E-state index is -0.763. The van der Waals surface area contributed by atoms with Gasteiger partial charge in [0.25, 0.3) is 0 Å². The lowest BCUT2D eigenvalue weighted by atomic mass is 9.84. The molecule has 1 heterocycles. The van der Waals surface area contributed by atoms with Gasteiger partial charge >= 0.3 is 12.0 Å². The van der Waals surface area contributed by atoms with Crippen molar-refractivity contribution in [2.45, 2.75) is 57.4 Å². The highest BCUT2D eigenvalue weighted by Gasteiger charge is 2.31. The van der Waals surface area contributed by atoms with Crippen molar-refractivity contribution in [1.82, 2.24) is 5.32 Å². The SMILES string of the molecule is O=C(O)CCCNCc1ccc(N2CCN(c3cccc(C4CCCCC4)c3)C2=O)cc1. The maximum atomic E-state index is 13.2. The first-order valence-corrected chi connectivity index (χ1v) is 11.8. The van der Waals surface area contributed by atoms with E-state index in [1.807, 2.05) is 40.1 Å². The Hall–Kier alpha value is -2.86. The van der Waals surface area contributed by atoms with Crippen LogP contribution in [0.25, 0.3) is 0 Å². The van der Waals surface area contributed by atoms with Gasteiger partial charge in [-0.15, -0.1) is 0 Å². The minimum absolute atomic E-state index is 0.0327. The van der Waals surface area contributed by atoms with E-state index < -0.39 is 5.97 Å². The van der Waals surface area contributed by atoms with E-state index in [0.29, 0.717) is 38.5 Å². The number of rotatable bonds is 9. The molecule has 2 aliphatic rings. The van der Waals surface area contributed by atoms with Crippen LogP contribution in [0.1, 0.15) is 62.0 Å².